The molecule has 5 unspecified atom stereocenters. The Morgan fingerprint density at radius 2 is 1.90 bits per heavy atom. The Bertz CT molecular complexity index is 893. The Hall–Kier alpha value is -3.21. The highest BCUT2D eigenvalue weighted by molar-refractivity contribution is 5.92. The van der Waals surface area contributed by atoms with Crippen molar-refractivity contribution >= 4 is 23.7 Å². The summed E-state index contributed by atoms with van der Waals surface area (Å²) in [6, 6.07) is 4.38. The third kappa shape index (κ3) is 4.31. The van der Waals surface area contributed by atoms with Crippen LogP contribution in [0.25, 0.3) is 0 Å². The van der Waals surface area contributed by atoms with Gasteiger partial charge in [0.1, 0.15) is 24.9 Å². The van der Waals surface area contributed by atoms with Crippen LogP contribution < -0.4 is 0 Å². The quantitative estimate of drug-likeness (QED) is 0.307. The predicted molar refractivity (Wildman–Crippen MR) is 104 cm³/mol. The highest BCUT2D eigenvalue weighted by Gasteiger charge is 2.65. The Morgan fingerprint density at radius 1 is 1.29 bits per heavy atom. The van der Waals surface area contributed by atoms with Crippen LogP contribution in [0, 0.1) is 21.4 Å². The summed E-state index contributed by atoms with van der Waals surface area (Å²) in [6.45, 7) is 6.83. The van der Waals surface area contributed by atoms with E-state index in [2.05, 4.69) is 0 Å². The van der Waals surface area contributed by atoms with Crippen LogP contribution in [-0.2, 0) is 30.4 Å². The van der Waals surface area contributed by atoms with Gasteiger partial charge in [-0.05, 0) is 30.0 Å². The lowest BCUT2D eigenvalue weighted by Crippen LogP contribution is -2.65. The summed E-state index contributed by atoms with van der Waals surface area (Å²) in [7, 11) is 0. The number of β-lactam (4-membered cyclic amide) rings is 1. The summed E-state index contributed by atoms with van der Waals surface area (Å²) in [4.78, 5) is 47.7. The molecule has 1 aromatic carbocycles. The number of amides is 1. The standard InChI is InChI=1S/C20H24N2O9/c1-10(30-19(26)29-9-11-5-7-12(8-6-11)22(27)28)13-16(23)21-14(18(24)25)15(20(2,3)4)31-17(13)21/h5-8,10,13-15,17H,9H2,1-4H3,(H,24,25). The number of ether oxygens (including phenoxy) is 3. The normalized spacial score (nSPS) is 25.9. The molecule has 2 heterocycles. The number of carbonyl (C=O) groups is 3. The van der Waals surface area contributed by atoms with Crippen molar-refractivity contribution in [2.75, 3.05) is 0 Å². The second kappa shape index (κ2) is 8.14. The van der Waals surface area contributed by atoms with E-state index in [4.69, 9.17) is 14.2 Å². The fourth-order valence-electron chi connectivity index (χ4n) is 3.80. The van der Waals surface area contributed by atoms with Crippen molar-refractivity contribution in [3.05, 3.63) is 39.9 Å². The van der Waals surface area contributed by atoms with Crippen LogP contribution in [0.5, 0.6) is 0 Å². The molecule has 3 rings (SSSR count). The summed E-state index contributed by atoms with van der Waals surface area (Å²) in [6.07, 6.45) is -3.41. The van der Waals surface area contributed by atoms with Crippen LogP contribution in [0.4, 0.5) is 10.5 Å². The zero-order valence-corrected chi connectivity index (χ0v) is 17.5. The van der Waals surface area contributed by atoms with Crippen molar-refractivity contribution in [2.45, 2.75) is 58.8 Å². The van der Waals surface area contributed by atoms with Crippen LogP contribution in [-0.4, -0.2) is 57.4 Å². The first-order valence-corrected chi connectivity index (χ1v) is 9.69. The second-order valence-corrected chi connectivity index (χ2v) is 8.65. The van der Waals surface area contributed by atoms with Gasteiger partial charge in [0.05, 0.1) is 11.0 Å². The number of aliphatic carboxylic acids is 1. The molecule has 1 aromatic rings. The number of nitro benzene ring substituents is 1. The second-order valence-electron chi connectivity index (χ2n) is 8.65. The number of rotatable bonds is 6. The number of hydrogen-bond donors (Lipinski definition) is 1. The first-order valence-electron chi connectivity index (χ1n) is 9.69. The van der Waals surface area contributed by atoms with E-state index >= 15 is 0 Å². The Labute approximate surface area is 178 Å². The van der Waals surface area contributed by atoms with E-state index in [1.54, 1.807) is 0 Å². The minimum atomic E-state index is -1.15. The van der Waals surface area contributed by atoms with Crippen LogP contribution in [0.15, 0.2) is 24.3 Å². The predicted octanol–water partition coefficient (Wildman–Crippen LogP) is 2.32. The molecule has 2 fully saturated rings. The van der Waals surface area contributed by atoms with Crippen molar-refractivity contribution in [1.29, 1.82) is 0 Å². The molecule has 2 saturated heterocycles. The van der Waals surface area contributed by atoms with E-state index < -0.39 is 58.8 Å². The third-order valence-electron chi connectivity index (χ3n) is 5.39. The summed E-state index contributed by atoms with van der Waals surface area (Å²) < 4.78 is 16.1. The molecule has 5 atom stereocenters. The number of carboxylic acids is 1. The molecule has 31 heavy (non-hydrogen) atoms. The number of carbonyl (C=O) groups excluding carboxylic acids is 2. The molecule has 168 valence electrons. The van der Waals surface area contributed by atoms with Crippen LogP contribution in [0.2, 0.25) is 0 Å². The largest absolute Gasteiger partial charge is 0.508 e. The van der Waals surface area contributed by atoms with E-state index in [-0.39, 0.29) is 12.3 Å². The maximum absolute atomic E-state index is 12.6. The minimum Gasteiger partial charge on any atom is -0.480 e. The maximum atomic E-state index is 12.6. The van der Waals surface area contributed by atoms with Crippen molar-refractivity contribution in [1.82, 2.24) is 4.90 Å². The molecular formula is C20H24N2O9. The lowest BCUT2D eigenvalue weighted by Gasteiger charge is -2.44. The van der Waals surface area contributed by atoms with Gasteiger partial charge in [-0.15, -0.1) is 0 Å². The monoisotopic (exact) mass is 436 g/mol. The third-order valence-corrected chi connectivity index (χ3v) is 5.39. The van der Waals surface area contributed by atoms with Crippen molar-refractivity contribution in [2.24, 2.45) is 11.3 Å². The van der Waals surface area contributed by atoms with Gasteiger partial charge in [-0.25, -0.2) is 9.59 Å². The Morgan fingerprint density at radius 3 is 2.42 bits per heavy atom. The van der Waals surface area contributed by atoms with Gasteiger partial charge in [-0.1, -0.05) is 20.8 Å². The van der Waals surface area contributed by atoms with Gasteiger partial charge in [0.25, 0.3) is 5.69 Å². The molecule has 2 aliphatic rings. The molecule has 0 bridgehead atoms. The van der Waals surface area contributed by atoms with E-state index in [1.807, 2.05) is 20.8 Å². The van der Waals surface area contributed by atoms with Crippen molar-refractivity contribution in [3.8, 4) is 0 Å². The Balaban J connectivity index is 1.58. The van der Waals surface area contributed by atoms with Crippen molar-refractivity contribution in [3.63, 3.8) is 0 Å². The van der Waals surface area contributed by atoms with E-state index in [0.29, 0.717) is 5.56 Å². The van der Waals surface area contributed by atoms with Crippen molar-refractivity contribution < 1.29 is 38.6 Å². The summed E-state index contributed by atoms with van der Waals surface area (Å²) in [5.74, 6) is -2.44. The van der Waals surface area contributed by atoms with Crippen LogP contribution in [0.1, 0.15) is 33.3 Å². The van der Waals surface area contributed by atoms with Gasteiger partial charge >= 0.3 is 12.1 Å². The van der Waals surface area contributed by atoms with E-state index in [1.165, 1.54) is 36.1 Å². The van der Waals surface area contributed by atoms with Gasteiger partial charge < -0.3 is 19.3 Å². The number of non-ortho nitro benzene ring substituents is 1. The van der Waals surface area contributed by atoms with Gasteiger partial charge in [0.2, 0.25) is 5.91 Å². The molecule has 0 aromatic heterocycles. The van der Waals surface area contributed by atoms with E-state index in [0.717, 1.165) is 0 Å². The average molecular weight is 436 g/mol. The lowest BCUT2D eigenvalue weighted by atomic mass is 9.83. The van der Waals surface area contributed by atoms with Crippen LogP contribution >= 0.6 is 0 Å². The van der Waals surface area contributed by atoms with E-state index in [9.17, 15) is 29.6 Å². The number of carboxylic acid groups (broad SMARTS) is 1. The molecule has 2 aliphatic heterocycles. The van der Waals surface area contributed by atoms with Gasteiger partial charge in [0, 0.05) is 12.1 Å². The summed E-state index contributed by atoms with van der Waals surface area (Å²) in [5, 5.41) is 20.2. The number of benzene rings is 1. The van der Waals surface area contributed by atoms with Gasteiger partial charge in [0.15, 0.2) is 6.04 Å². The van der Waals surface area contributed by atoms with Gasteiger partial charge in [-0.3, -0.25) is 19.8 Å². The smallest absolute Gasteiger partial charge is 0.480 e. The summed E-state index contributed by atoms with van der Waals surface area (Å²) in [5.41, 5.74) is -0.0747. The molecule has 0 spiro atoms. The SMILES string of the molecule is CC(OC(=O)OCc1ccc([N+](=O)[O-])cc1)C1C(=O)N2C1OC(C(C)(C)C)C2C(=O)O. The summed E-state index contributed by atoms with van der Waals surface area (Å²) >= 11 is 0. The zero-order chi connectivity index (χ0) is 23.1. The molecule has 1 N–H and O–H groups in total. The topological polar surface area (TPSA) is 146 Å². The maximum Gasteiger partial charge on any atom is 0.508 e. The molecular weight excluding hydrogens is 412 g/mol. The molecule has 11 heteroatoms. The fraction of sp³-hybridized carbons (Fsp3) is 0.550. The minimum absolute atomic E-state index is 0.0854. The lowest BCUT2D eigenvalue weighted by molar-refractivity contribution is -0.384. The fourth-order valence-corrected chi connectivity index (χ4v) is 3.80. The highest BCUT2D eigenvalue weighted by Crippen LogP contribution is 2.45. The van der Waals surface area contributed by atoms with Gasteiger partial charge in [-0.2, -0.15) is 0 Å². The first-order chi connectivity index (χ1) is 14.4. The first kappa shape index (κ1) is 22.5. The number of hydrogen-bond acceptors (Lipinski definition) is 8. The molecule has 0 saturated carbocycles. The molecule has 1 amide bonds. The zero-order valence-electron chi connectivity index (χ0n) is 17.5. The number of nitro groups is 1. The Kier molecular flexibility index (Phi) is 5.90. The number of nitrogens with zero attached hydrogens (tertiary/aromatic N) is 2. The highest BCUT2D eigenvalue weighted by atomic mass is 16.7. The molecule has 0 aliphatic carbocycles. The average Bonchev–Trinajstić information content (AvgIpc) is 3.02. The number of fused-ring (bicyclic) bond motifs is 1. The molecule has 0 radical (unpaired) electrons. The molecule has 11 nitrogen and oxygen atoms in total. The van der Waals surface area contributed by atoms with Crippen LogP contribution in [0.3, 0.4) is 0 Å².